The van der Waals surface area contributed by atoms with Crippen molar-refractivity contribution < 1.29 is 4.79 Å². The third-order valence-corrected chi connectivity index (χ3v) is 4.51. The number of benzene rings is 1. The lowest BCUT2D eigenvalue weighted by molar-refractivity contribution is -0.114. The SMILES string of the molecule is CC(=O)Nc1c(-c2ccc(Br)c(C)n2)n(C)c2ccccc12. The number of halogens is 1. The topological polar surface area (TPSA) is 46.9 Å². The van der Waals surface area contributed by atoms with Gasteiger partial charge in [0.05, 0.1) is 28.3 Å². The Morgan fingerprint density at radius 2 is 1.95 bits per heavy atom. The summed E-state index contributed by atoms with van der Waals surface area (Å²) in [5, 5.41) is 3.97. The van der Waals surface area contributed by atoms with Crippen LogP contribution in [0.15, 0.2) is 40.9 Å². The molecule has 2 heterocycles. The van der Waals surface area contributed by atoms with Crippen molar-refractivity contribution in [3.63, 3.8) is 0 Å². The molecule has 4 nitrogen and oxygen atoms in total. The highest BCUT2D eigenvalue weighted by Gasteiger charge is 2.18. The molecule has 3 rings (SSSR count). The Bertz CT molecular complexity index is 883. The van der Waals surface area contributed by atoms with Crippen LogP contribution < -0.4 is 5.32 Å². The van der Waals surface area contributed by atoms with Crippen LogP contribution in [-0.2, 0) is 11.8 Å². The van der Waals surface area contributed by atoms with Crippen LogP contribution in [-0.4, -0.2) is 15.5 Å². The van der Waals surface area contributed by atoms with Crippen LogP contribution in [0.1, 0.15) is 12.6 Å². The number of fused-ring (bicyclic) bond motifs is 1. The molecule has 0 saturated carbocycles. The number of hydrogen-bond acceptors (Lipinski definition) is 2. The zero-order chi connectivity index (χ0) is 15.9. The van der Waals surface area contributed by atoms with Crippen molar-refractivity contribution in [3.05, 3.63) is 46.6 Å². The van der Waals surface area contributed by atoms with Gasteiger partial charge >= 0.3 is 0 Å². The molecule has 5 heteroatoms. The summed E-state index contributed by atoms with van der Waals surface area (Å²) in [5.41, 5.74) is 4.52. The zero-order valence-electron chi connectivity index (χ0n) is 12.6. The first kappa shape index (κ1) is 14.8. The van der Waals surface area contributed by atoms with Gasteiger partial charge in [0.25, 0.3) is 0 Å². The molecule has 22 heavy (non-hydrogen) atoms. The van der Waals surface area contributed by atoms with Crippen LogP contribution in [0.3, 0.4) is 0 Å². The Kier molecular flexibility index (Phi) is 3.74. The molecule has 0 aliphatic carbocycles. The third kappa shape index (κ3) is 2.41. The molecule has 0 aliphatic heterocycles. The Hall–Kier alpha value is -2.14. The first-order valence-corrected chi connectivity index (χ1v) is 7.77. The van der Waals surface area contributed by atoms with E-state index in [-0.39, 0.29) is 5.91 Å². The Labute approximate surface area is 137 Å². The van der Waals surface area contributed by atoms with Crippen molar-refractivity contribution in [3.8, 4) is 11.4 Å². The number of hydrogen-bond donors (Lipinski definition) is 1. The number of nitrogens with zero attached hydrogens (tertiary/aromatic N) is 2. The predicted molar refractivity (Wildman–Crippen MR) is 92.9 cm³/mol. The quantitative estimate of drug-likeness (QED) is 0.744. The molecule has 0 saturated heterocycles. The van der Waals surface area contributed by atoms with Crippen LogP contribution in [0.5, 0.6) is 0 Å². The minimum Gasteiger partial charge on any atom is -0.341 e. The lowest BCUT2D eigenvalue weighted by Gasteiger charge is -2.09. The summed E-state index contributed by atoms with van der Waals surface area (Å²) < 4.78 is 3.03. The number of para-hydroxylation sites is 1. The van der Waals surface area contributed by atoms with Gasteiger partial charge in [-0.2, -0.15) is 0 Å². The van der Waals surface area contributed by atoms with Crippen molar-refractivity contribution in [1.82, 2.24) is 9.55 Å². The van der Waals surface area contributed by atoms with Crippen molar-refractivity contribution in [2.75, 3.05) is 5.32 Å². The van der Waals surface area contributed by atoms with Crippen LogP contribution >= 0.6 is 15.9 Å². The number of carbonyl (C=O) groups excluding carboxylic acids is 1. The van der Waals surface area contributed by atoms with Crippen molar-refractivity contribution in [2.45, 2.75) is 13.8 Å². The highest BCUT2D eigenvalue weighted by atomic mass is 79.9. The van der Waals surface area contributed by atoms with Gasteiger partial charge in [0.15, 0.2) is 0 Å². The minimum absolute atomic E-state index is 0.0913. The minimum atomic E-state index is -0.0913. The van der Waals surface area contributed by atoms with Crippen molar-refractivity contribution >= 4 is 38.4 Å². The molecule has 0 fully saturated rings. The summed E-state index contributed by atoms with van der Waals surface area (Å²) in [6.45, 7) is 3.47. The van der Waals surface area contributed by atoms with E-state index in [9.17, 15) is 4.79 Å². The fraction of sp³-hybridized carbons (Fsp3) is 0.176. The van der Waals surface area contributed by atoms with E-state index in [0.717, 1.165) is 38.1 Å². The third-order valence-electron chi connectivity index (χ3n) is 3.67. The highest BCUT2D eigenvalue weighted by molar-refractivity contribution is 9.10. The van der Waals surface area contributed by atoms with Gasteiger partial charge in [-0.15, -0.1) is 0 Å². The maximum atomic E-state index is 11.6. The Morgan fingerprint density at radius 3 is 2.64 bits per heavy atom. The fourth-order valence-corrected chi connectivity index (χ4v) is 2.89. The smallest absolute Gasteiger partial charge is 0.221 e. The van der Waals surface area contributed by atoms with Crippen molar-refractivity contribution in [2.24, 2.45) is 7.05 Å². The molecular formula is C17H16BrN3O. The molecule has 0 spiro atoms. The normalized spacial score (nSPS) is 10.9. The summed E-state index contributed by atoms with van der Waals surface area (Å²) in [7, 11) is 1.99. The molecule has 2 aromatic heterocycles. The van der Waals surface area contributed by atoms with Crippen LogP contribution in [0, 0.1) is 6.92 Å². The number of anilines is 1. The number of pyridine rings is 1. The lowest BCUT2D eigenvalue weighted by Crippen LogP contribution is -2.07. The van der Waals surface area contributed by atoms with E-state index >= 15 is 0 Å². The molecule has 0 bridgehead atoms. The molecule has 1 amide bonds. The molecule has 1 aromatic carbocycles. The summed E-state index contributed by atoms with van der Waals surface area (Å²) in [6, 6.07) is 11.9. The van der Waals surface area contributed by atoms with E-state index in [2.05, 4.69) is 30.8 Å². The van der Waals surface area contributed by atoms with Crippen LogP contribution in [0.2, 0.25) is 0 Å². The molecular weight excluding hydrogens is 342 g/mol. The molecule has 1 N–H and O–H groups in total. The molecule has 0 radical (unpaired) electrons. The van der Waals surface area contributed by atoms with Gasteiger partial charge in [0.1, 0.15) is 0 Å². The van der Waals surface area contributed by atoms with E-state index in [1.165, 1.54) is 6.92 Å². The fourth-order valence-electron chi connectivity index (χ4n) is 2.67. The van der Waals surface area contributed by atoms with E-state index in [0.29, 0.717) is 0 Å². The summed E-state index contributed by atoms with van der Waals surface area (Å²) >= 11 is 3.47. The van der Waals surface area contributed by atoms with Gasteiger partial charge < -0.3 is 9.88 Å². The molecule has 0 aliphatic rings. The molecule has 3 aromatic rings. The summed E-state index contributed by atoms with van der Waals surface area (Å²) in [4.78, 5) is 16.3. The van der Waals surface area contributed by atoms with E-state index in [1.54, 1.807) is 0 Å². The number of nitrogens with one attached hydrogen (secondary N) is 1. The average Bonchev–Trinajstić information content (AvgIpc) is 2.75. The van der Waals surface area contributed by atoms with E-state index in [1.807, 2.05) is 50.4 Å². The number of amides is 1. The summed E-state index contributed by atoms with van der Waals surface area (Å²) in [5.74, 6) is -0.0913. The van der Waals surface area contributed by atoms with Crippen LogP contribution in [0.25, 0.3) is 22.3 Å². The molecule has 0 unspecified atom stereocenters. The lowest BCUT2D eigenvalue weighted by atomic mass is 10.2. The Balaban J connectivity index is 2.33. The second kappa shape index (κ2) is 5.57. The van der Waals surface area contributed by atoms with Gasteiger partial charge in [-0.3, -0.25) is 9.78 Å². The monoisotopic (exact) mass is 357 g/mol. The first-order chi connectivity index (χ1) is 10.5. The number of aromatic nitrogens is 2. The molecule has 0 atom stereocenters. The summed E-state index contributed by atoms with van der Waals surface area (Å²) in [6.07, 6.45) is 0. The highest BCUT2D eigenvalue weighted by Crippen LogP contribution is 2.37. The Morgan fingerprint density at radius 1 is 1.23 bits per heavy atom. The van der Waals surface area contributed by atoms with Gasteiger partial charge in [-0.1, -0.05) is 18.2 Å². The number of aryl methyl sites for hydroxylation is 2. The first-order valence-electron chi connectivity index (χ1n) is 6.97. The van der Waals surface area contributed by atoms with Gasteiger partial charge in [0, 0.05) is 23.8 Å². The van der Waals surface area contributed by atoms with Gasteiger partial charge in [-0.05, 0) is 41.1 Å². The predicted octanol–water partition coefficient (Wildman–Crippen LogP) is 4.27. The average molecular weight is 358 g/mol. The zero-order valence-corrected chi connectivity index (χ0v) is 14.2. The van der Waals surface area contributed by atoms with E-state index in [4.69, 9.17) is 0 Å². The standard InChI is InChI=1S/C17H16BrN3O/c1-10-13(18)8-9-14(19-10)17-16(20-11(2)22)12-6-4-5-7-15(12)21(17)3/h4-9H,1-3H3,(H,20,22). The molecule has 112 valence electrons. The largest absolute Gasteiger partial charge is 0.341 e. The van der Waals surface area contributed by atoms with Crippen LogP contribution in [0.4, 0.5) is 5.69 Å². The van der Waals surface area contributed by atoms with Gasteiger partial charge in [0.2, 0.25) is 5.91 Å². The maximum absolute atomic E-state index is 11.6. The van der Waals surface area contributed by atoms with Gasteiger partial charge in [-0.25, -0.2) is 0 Å². The number of carbonyl (C=O) groups is 1. The maximum Gasteiger partial charge on any atom is 0.221 e. The van der Waals surface area contributed by atoms with E-state index < -0.39 is 0 Å². The second-order valence-corrected chi connectivity index (χ2v) is 6.10. The number of rotatable bonds is 2. The van der Waals surface area contributed by atoms with Crippen molar-refractivity contribution in [1.29, 1.82) is 0 Å². The second-order valence-electron chi connectivity index (χ2n) is 5.24.